The number of nitrogens with zero attached hydrogens (tertiary/aromatic N) is 2. The van der Waals surface area contributed by atoms with E-state index in [1.807, 2.05) is 23.7 Å². The Morgan fingerprint density at radius 3 is 2.94 bits per heavy atom. The summed E-state index contributed by atoms with van der Waals surface area (Å²) in [6.45, 7) is 3.40. The van der Waals surface area contributed by atoms with E-state index in [1.54, 1.807) is 12.3 Å². The Hall–Kier alpha value is -1.36. The molecule has 0 amide bonds. The van der Waals surface area contributed by atoms with E-state index < -0.39 is 0 Å². The average Bonchev–Trinajstić information content (AvgIpc) is 2.75. The van der Waals surface area contributed by atoms with Crippen molar-refractivity contribution >= 4 is 21.6 Å². The van der Waals surface area contributed by atoms with E-state index >= 15 is 0 Å². The van der Waals surface area contributed by atoms with Gasteiger partial charge in [0, 0.05) is 17.2 Å². The average molecular weight is 298 g/mol. The molecule has 1 aromatic heterocycles. The number of benzene rings is 1. The van der Waals surface area contributed by atoms with Crippen LogP contribution in [0.1, 0.15) is 12.6 Å². The molecular weight excluding hydrogens is 285 g/mol. The van der Waals surface area contributed by atoms with Gasteiger partial charge < -0.3 is 5.32 Å². The van der Waals surface area contributed by atoms with Gasteiger partial charge >= 0.3 is 0 Å². The van der Waals surface area contributed by atoms with Crippen molar-refractivity contribution in [2.75, 3.05) is 5.32 Å². The largest absolute Gasteiger partial charge is 0.377 e. The molecule has 0 aliphatic rings. The molecular formula is C12H13BrFN3. The number of aromatic nitrogens is 2. The first-order valence-electron chi connectivity index (χ1n) is 5.40. The van der Waals surface area contributed by atoms with Crippen molar-refractivity contribution in [1.82, 2.24) is 9.78 Å². The molecule has 0 saturated heterocycles. The van der Waals surface area contributed by atoms with Crippen molar-refractivity contribution in [3.8, 4) is 0 Å². The quantitative estimate of drug-likeness (QED) is 0.937. The summed E-state index contributed by atoms with van der Waals surface area (Å²) in [6, 6.07) is 6.89. The zero-order valence-electron chi connectivity index (χ0n) is 9.45. The fourth-order valence-corrected chi connectivity index (χ4v) is 1.95. The minimum absolute atomic E-state index is 0.262. The van der Waals surface area contributed by atoms with Gasteiger partial charge in [0.1, 0.15) is 5.82 Å². The van der Waals surface area contributed by atoms with E-state index in [2.05, 4.69) is 26.3 Å². The van der Waals surface area contributed by atoms with Crippen molar-refractivity contribution in [2.24, 2.45) is 0 Å². The van der Waals surface area contributed by atoms with Crippen LogP contribution in [0.5, 0.6) is 0 Å². The molecule has 17 heavy (non-hydrogen) atoms. The highest BCUT2D eigenvalue weighted by Gasteiger charge is 2.04. The van der Waals surface area contributed by atoms with Gasteiger partial charge in [-0.1, -0.05) is 15.9 Å². The minimum Gasteiger partial charge on any atom is -0.377 e. The van der Waals surface area contributed by atoms with E-state index in [-0.39, 0.29) is 5.82 Å². The van der Waals surface area contributed by atoms with Gasteiger partial charge in [-0.3, -0.25) is 4.68 Å². The van der Waals surface area contributed by atoms with Crippen LogP contribution in [0.3, 0.4) is 0 Å². The first-order chi connectivity index (χ1) is 8.20. The molecule has 0 fully saturated rings. The predicted molar refractivity (Wildman–Crippen MR) is 69.3 cm³/mol. The van der Waals surface area contributed by atoms with Gasteiger partial charge in [-0.15, -0.1) is 0 Å². The number of halogens is 2. The van der Waals surface area contributed by atoms with Gasteiger partial charge in [0.25, 0.3) is 0 Å². The summed E-state index contributed by atoms with van der Waals surface area (Å²) < 4.78 is 16.2. The number of hydrogen-bond acceptors (Lipinski definition) is 2. The zero-order valence-corrected chi connectivity index (χ0v) is 11.0. The number of anilines is 1. The molecule has 90 valence electrons. The lowest BCUT2D eigenvalue weighted by molar-refractivity contribution is 0.618. The van der Waals surface area contributed by atoms with Crippen LogP contribution < -0.4 is 5.32 Å². The Kier molecular flexibility index (Phi) is 3.78. The number of aryl methyl sites for hydroxylation is 1. The van der Waals surface area contributed by atoms with Crippen molar-refractivity contribution in [3.05, 3.63) is 46.4 Å². The molecule has 5 heteroatoms. The van der Waals surface area contributed by atoms with E-state index in [1.165, 1.54) is 6.07 Å². The summed E-state index contributed by atoms with van der Waals surface area (Å²) in [7, 11) is 0. The summed E-state index contributed by atoms with van der Waals surface area (Å²) in [6.07, 6.45) is 1.75. The Bertz CT molecular complexity index is 510. The van der Waals surface area contributed by atoms with Crippen LogP contribution in [0.4, 0.5) is 10.1 Å². The standard InChI is InChI=1S/C12H13BrFN3/c1-2-17-10(5-6-16-17)8-15-12-4-3-9(13)7-11(12)14/h3-7,15H,2,8H2,1H3. The summed E-state index contributed by atoms with van der Waals surface area (Å²) in [5.74, 6) is -0.262. The minimum atomic E-state index is -0.262. The fourth-order valence-electron chi connectivity index (χ4n) is 1.61. The Morgan fingerprint density at radius 1 is 1.41 bits per heavy atom. The van der Waals surface area contributed by atoms with Crippen LogP contribution >= 0.6 is 15.9 Å². The lowest BCUT2D eigenvalue weighted by Crippen LogP contribution is -2.08. The van der Waals surface area contributed by atoms with E-state index in [0.717, 1.165) is 16.7 Å². The SMILES string of the molecule is CCn1nccc1CNc1ccc(Br)cc1F. The second-order valence-corrected chi connectivity index (χ2v) is 4.53. The summed E-state index contributed by atoms with van der Waals surface area (Å²) in [5.41, 5.74) is 1.53. The van der Waals surface area contributed by atoms with Crippen LogP contribution in [0.15, 0.2) is 34.9 Å². The van der Waals surface area contributed by atoms with Gasteiger partial charge in [-0.25, -0.2) is 4.39 Å². The van der Waals surface area contributed by atoms with E-state index in [0.29, 0.717) is 12.2 Å². The van der Waals surface area contributed by atoms with Crippen molar-refractivity contribution in [3.63, 3.8) is 0 Å². The second-order valence-electron chi connectivity index (χ2n) is 3.62. The number of hydrogen-bond donors (Lipinski definition) is 1. The zero-order chi connectivity index (χ0) is 12.3. The molecule has 2 rings (SSSR count). The number of nitrogens with one attached hydrogen (secondary N) is 1. The number of rotatable bonds is 4. The smallest absolute Gasteiger partial charge is 0.147 e. The highest BCUT2D eigenvalue weighted by molar-refractivity contribution is 9.10. The van der Waals surface area contributed by atoms with Gasteiger partial charge in [0.15, 0.2) is 0 Å². The third kappa shape index (κ3) is 2.85. The molecule has 0 unspecified atom stereocenters. The van der Waals surface area contributed by atoms with E-state index in [4.69, 9.17) is 0 Å². The van der Waals surface area contributed by atoms with Crippen LogP contribution in [-0.2, 0) is 13.1 Å². The van der Waals surface area contributed by atoms with Crippen LogP contribution in [0.25, 0.3) is 0 Å². The maximum atomic E-state index is 13.5. The maximum absolute atomic E-state index is 13.5. The molecule has 0 aliphatic carbocycles. The summed E-state index contributed by atoms with van der Waals surface area (Å²) >= 11 is 3.23. The molecule has 1 N–H and O–H groups in total. The van der Waals surface area contributed by atoms with Crippen LogP contribution in [0.2, 0.25) is 0 Å². The topological polar surface area (TPSA) is 29.9 Å². The monoisotopic (exact) mass is 297 g/mol. The van der Waals surface area contributed by atoms with E-state index in [9.17, 15) is 4.39 Å². The summed E-state index contributed by atoms with van der Waals surface area (Å²) in [5, 5.41) is 7.22. The van der Waals surface area contributed by atoms with Crippen LogP contribution in [-0.4, -0.2) is 9.78 Å². The van der Waals surface area contributed by atoms with Gasteiger partial charge in [-0.2, -0.15) is 5.10 Å². The van der Waals surface area contributed by atoms with Gasteiger partial charge in [0.05, 0.1) is 17.9 Å². The molecule has 1 heterocycles. The van der Waals surface area contributed by atoms with Gasteiger partial charge in [-0.05, 0) is 31.2 Å². The molecule has 0 atom stereocenters. The third-order valence-corrected chi connectivity index (χ3v) is 2.99. The molecule has 0 bridgehead atoms. The molecule has 3 nitrogen and oxygen atoms in total. The lowest BCUT2D eigenvalue weighted by atomic mass is 10.3. The summed E-state index contributed by atoms with van der Waals surface area (Å²) in [4.78, 5) is 0. The first kappa shape index (κ1) is 12.1. The Balaban J connectivity index is 2.07. The second kappa shape index (κ2) is 5.31. The molecule has 0 aliphatic heterocycles. The molecule has 2 aromatic rings. The van der Waals surface area contributed by atoms with Crippen molar-refractivity contribution in [2.45, 2.75) is 20.0 Å². The van der Waals surface area contributed by atoms with Gasteiger partial charge in [0.2, 0.25) is 0 Å². The molecule has 1 aromatic carbocycles. The Labute approximate surface area is 108 Å². The predicted octanol–water partition coefficient (Wildman–Crippen LogP) is 3.42. The molecule has 0 radical (unpaired) electrons. The highest BCUT2D eigenvalue weighted by Crippen LogP contribution is 2.19. The third-order valence-electron chi connectivity index (χ3n) is 2.50. The normalized spacial score (nSPS) is 10.5. The van der Waals surface area contributed by atoms with Crippen LogP contribution in [0, 0.1) is 5.82 Å². The Morgan fingerprint density at radius 2 is 2.24 bits per heavy atom. The van der Waals surface area contributed by atoms with Crippen molar-refractivity contribution in [1.29, 1.82) is 0 Å². The molecule has 0 saturated carbocycles. The first-order valence-corrected chi connectivity index (χ1v) is 6.19. The maximum Gasteiger partial charge on any atom is 0.147 e. The lowest BCUT2D eigenvalue weighted by Gasteiger charge is -2.09. The van der Waals surface area contributed by atoms with Crippen molar-refractivity contribution < 1.29 is 4.39 Å². The highest BCUT2D eigenvalue weighted by atomic mass is 79.9. The molecule has 0 spiro atoms. The fraction of sp³-hybridized carbons (Fsp3) is 0.250.